The third kappa shape index (κ3) is 4.17. The van der Waals surface area contributed by atoms with Crippen LogP contribution < -0.4 is 4.74 Å². The molecule has 134 valence electrons. The summed E-state index contributed by atoms with van der Waals surface area (Å²) in [5.74, 6) is 2.44. The maximum absolute atomic E-state index is 12.5. The molecule has 2 heterocycles. The van der Waals surface area contributed by atoms with Crippen LogP contribution in [-0.2, 0) is 11.3 Å². The van der Waals surface area contributed by atoms with Gasteiger partial charge in [-0.3, -0.25) is 9.69 Å². The van der Waals surface area contributed by atoms with Crippen LogP contribution >= 0.6 is 0 Å². The minimum absolute atomic E-state index is 0.0910. The molecule has 1 aromatic heterocycles. The lowest BCUT2D eigenvalue weighted by Gasteiger charge is -2.22. The molecule has 7 nitrogen and oxygen atoms in total. The van der Waals surface area contributed by atoms with E-state index in [0.29, 0.717) is 24.8 Å². The molecule has 0 bridgehead atoms. The van der Waals surface area contributed by atoms with E-state index in [0.717, 1.165) is 30.8 Å². The molecule has 0 spiro atoms. The molecule has 2 aromatic rings. The van der Waals surface area contributed by atoms with Gasteiger partial charge in [0.05, 0.1) is 19.6 Å². The number of rotatable bonds is 6. The first kappa shape index (κ1) is 17.4. The number of carbonyl (C=O) groups excluding carboxylic acids is 1. The summed E-state index contributed by atoms with van der Waals surface area (Å²) in [6, 6.07) is 7.76. The minimum Gasteiger partial charge on any atom is -0.496 e. The molecular weight excluding hydrogens is 320 g/mol. The molecule has 0 radical (unpaired) electrons. The SMILES string of the molecule is COc1ccccc1CN(C)C(=O)CN1CC[C@@H](c2nc(C)no2)C1. The van der Waals surface area contributed by atoms with Crippen LogP contribution in [0.25, 0.3) is 0 Å². The molecule has 3 rings (SSSR count). The topological polar surface area (TPSA) is 71.7 Å². The number of hydrogen-bond donors (Lipinski definition) is 0. The number of methoxy groups -OCH3 is 1. The second-order valence-electron chi connectivity index (χ2n) is 6.46. The van der Waals surface area contributed by atoms with Gasteiger partial charge in [0.15, 0.2) is 5.82 Å². The van der Waals surface area contributed by atoms with Gasteiger partial charge in [-0.1, -0.05) is 23.4 Å². The van der Waals surface area contributed by atoms with Crippen molar-refractivity contribution in [3.8, 4) is 5.75 Å². The molecular formula is C18H24N4O3. The zero-order chi connectivity index (χ0) is 17.8. The van der Waals surface area contributed by atoms with Crippen molar-refractivity contribution >= 4 is 5.91 Å². The van der Waals surface area contributed by atoms with E-state index in [2.05, 4.69) is 15.0 Å². The van der Waals surface area contributed by atoms with Crippen LogP contribution in [0.1, 0.15) is 29.6 Å². The summed E-state index contributed by atoms with van der Waals surface area (Å²) in [6.45, 7) is 4.38. The molecule has 0 unspecified atom stereocenters. The van der Waals surface area contributed by atoms with Crippen molar-refractivity contribution in [2.24, 2.45) is 0 Å². The Balaban J connectivity index is 1.53. The van der Waals surface area contributed by atoms with Crippen molar-refractivity contribution in [1.82, 2.24) is 19.9 Å². The normalized spacial score (nSPS) is 17.6. The van der Waals surface area contributed by atoms with Gasteiger partial charge in [0.2, 0.25) is 11.8 Å². The Hall–Kier alpha value is -2.41. The summed E-state index contributed by atoms with van der Waals surface area (Å²) in [4.78, 5) is 20.7. The Bertz CT molecular complexity index is 731. The lowest BCUT2D eigenvalue weighted by molar-refractivity contribution is -0.131. The van der Waals surface area contributed by atoms with Gasteiger partial charge in [-0.15, -0.1) is 0 Å². The Morgan fingerprint density at radius 1 is 1.44 bits per heavy atom. The summed E-state index contributed by atoms with van der Waals surface area (Å²) in [7, 11) is 3.47. The van der Waals surface area contributed by atoms with Crippen molar-refractivity contribution in [1.29, 1.82) is 0 Å². The van der Waals surface area contributed by atoms with Gasteiger partial charge in [0.25, 0.3) is 0 Å². The monoisotopic (exact) mass is 344 g/mol. The largest absolute Gasteiger partial charge is 0.496 e. The number of amides is 1. The van der Waals surface area contributed by atoms with E-state index < -0.39 is 0 Å². The first-order chi connectivity index (χ1) is 12.1. The molecule has 7 heteroatoms. The van der Waals surface area contributed by atoms with Gasteiger partial charge in [-0.25, -0.2) is 0 Å². The average molecular weight is 344 g/mol. The molecule has 0 N–H and O–H groups in total. The number of ether oxygens (including phenoxy) is 1. The second-order valence-corrected chi connectivity index (χ2v) is 6.46. The smallest absolute Gasteiger partial charge is 0.236 e. The molecule has 0 saturated carbocycles. The minimum atomic E-state index is 0.0910. The number of aryl methyl sites for hydroxylation is 1. The van der Waals surface area contributed by atoms with Crippen molar-refractivity contribution in [3.05, 3.63) is 41.5 Å². The van der Waals surface area contributed by atoms with Gasteiger partial charge in [-0.05, 0) is 26.0 Å². The maximum Gasteiger partial charge on any atom is 0.236 e. The molecule has 1 fully saturated rings. The summed E-state index contributed by atoms with van der Waals surface area (Å²) in [6.07, 6.45) is 0.936. The molecule has 1 atom stereocenters. The number of para-hydroxylation sites is 1. The molecule has 25 heavy (non-hydrogen) atoms. The van der Waals surface area contributed by atoms with Crippen LogP contribution in [0, 0.1) is 6.92 Å². The zero-order valence-electron chi connectivity index (χ0n) is 14.9. The third-order valence-corrected chi connectivity index (χ3v) is 4.55. The van der Waals surface area contributed by atoms with Crippen LogP contribution in [-0.4, -0.2) is 59.6 Å². The van der Waals surface area contributed by atoms with E-state index in [1.807, 2.05) is 38.2 Å². The third-order valence-electron chi connectivity index (χ3n) is 4.55. The van der Waals surface area contributed by atoms with Crippen LogP contribution in [0.15, 0.2) is 28.8 Å². The number of benzene rings is 1. The summed E-state index contributed by atoms with van der Waals surface area (Å²) >= 11 is 0. The standard InChI is InChI=1S/C18H24N4O3/c1-13-19-18(25-20-13)15-8-9-22(11-15)12-17(23)21(2)10-14-6-4-5-7-16(14)24-3/h4-7,15H,8-12H2,1-3H3/t15-/m1/s1. The number of likely N-dealkylation sites (tertiary alicyclic amines) is 1. The van der Waals surface area contributed by atoms with Gasteiger partial charge < -0.3 is 14.2 Å². The van der Waals surface area contributed by atoms with E-state index in [4.69, 9.17) is 9.26 Å². The highest BCUT2D eigenvalue weighted by atomic mass is 16.5. The van der Waals surface area contributed by atoms with Gasteiger partial charge in [0, 0.05) is 25.7 Å². The molecule has 1 saturated heterocycles. The Kier molecular flexibility index (Phi) is 5.33. The van der Waals surface area contributed by atoms with Crippen LogP contribution in [0.2, 0.25) is 0 Å². The quantitative estimate of drug-likeness (QED) is 0.796. The Morgan fingerprint density at radius 3 is 2.96 bits per heavy atom. The number of nitrogens with zero attached hydrogens (tertiary/aromatic N) is 4. The second kappa shape index (κ2) is 7.65. The lowest BCUT2D eigenvalue weighted by Crippen LogP contribution is -2.37. The molecule has 1 aliphatic rings. The first-order valence-electron chi connectivity index (χ1n) is 8.45. The highest BCUT2D eigenvalue weighted by Crippen LogP contribution is 2.26. The predicted octanol–water partition coefficient (Wildman–Crippen LogP) is 1.83. The fraction of sp³-hybridized carbons (Fsp3) is 0.500. The van der Waals surface area contributed by atoms with E-state index >= 15 is 0 Å². The van der Waals surface area contributed by atoms with Crippen LogP contribution in [0.3, 0.4) is 0 Å². The average Bonchev–Trinajstić information content (AvgIpc) is 3.24. The Morgan fingerprint density at radius 2 is 2.24 bits per heavy atom. The molecule has 0 aliphatic carbocycles. The van der Waals surface area contributed by atoms with E-state index in [-0.39, 0.29) is 11.8 Å². The van der Waals surface area contributed by atoms with Crippen LogP contribution in [0.4, 0.5) is 0 Å². The van der Waals surface area contributed by atoms with Crippen LogP contribution in [0.5, 0.6) is 5.75 Å². The highest BCUT2D eigenvalue weighted by molar-refractivity contribution is 5.78. The van der Waals surface area contributed by atoms with Crippen molar-refractivity contribution in [3.63, 3.8) is 0 Å². The Labute approximate surface area is 147 Å². The summed E-state index contributed by atoms with van der Waals surface area (Å²) in [5.41, 5.74) is 1.00. The lowest BCUT2D eigenvalue weighted by atomic mass is 10.1. The summed E-state index contributed by atoms with van der Waals surface area (Å²) < 4.78 is 10.6. The zero-order valence-corrected chi connectivity index (χ0v) is 14.9. The van der Waals surface area contributed by atoms with E-state index in [1.54, 1.807) is 12.0 Å². The van der Waals surface area contributed by atoms with E-state index in [1.165, 1.54) is 0 Å². The molecule has 1 amide bonds. The predicted molar refractivity (Wildman–Crippen MR) is 92.3 cm³/mol. The maximum atomic E-state index is 12.5. The summed E-state index contributed by atoms with van der Waals surface area (Å²) in [5, 5.41) is 3.85. The number of carbonyl (C=O) groups is 1. The van der Waals surface area contributed by atoms with Crippen molar-refractivity contribution in [2.75, 3.05) is 33.8 Å². The van der Waals surface area contributed by atoms with Crippen molar-refractivity contribution < 1.29 is 14.1 Å². The molecule has 1 aliphatic heterocycles. The van der Waals surface area contributed by atoms with Gasteiger partial charge in [-0.2, -0.15) is 4.98 Å². The number of aromatic nitrogens is 2. The number of hydrogen-bond acceptors (Lipinski definition) is 6. The fourth-order valence-electron chi connectivity index (χ4n) is 3.15. The molecule has 1 aromatic carbocycles. The number of likely N-dealkylation sites (N-methyl/N-ethyl adjacent to an activating group) is 1. The van der Waals surface area contributed by atoms with E-state index in [9.17, 15) is 4.79 Å². The van der Waals surface area contributed by atoms with Crippen molar-refractivity contribution in [2.45, 2.75) is 25.8 Å². The van der Waals surface area contributed by atoms with Gasteiger partial charge in [0.1, 0.15) is 5.75 Å². The van der Waals surface area contributed by atoms with Gasteiger partial charge >= 0.3 is 0 Å². The first-order valence-corrected chi connectivity index (χ1v) is 8.45. The highest BCUT2D eigenvalue weighted by Gasteiger charge is 2.29. The fourth-order valence-corrected chi connectivity index (χ4v) is 3.15.